The largest absolute Gasteiger partial charge is 0.490 e. The number of imide groups is 1. The number of ether oxygens (including phenoxy) is 1. The third-order valence-electron chi connectivity index (χ3n) is 6.09. The van der Waals surface area contributed by atoms with Gasteiger partial charge in [0.05, 0.1) is 6.54 Å². The number of fused-ring (bicyclic) bond motifs is 1. The number of nitrogens with one attached hydrogen (secondary N) is 1. The Bertz CT molecular complexity index is 1280. The van der Waals surface area contributed by atoms with Gasteiger partial charge < -0.3 is 15.2 Å². The molecular weight excluding hydrogens is 428 g/mol. The minimum Gasteiger partial charge on any atom is -0.490 e. The highest BCUT2D eigenvalue weighted by molar-refractivity contribution is 6.09. The van der Waals surface area contributed by atoms with Crippen LogP contribution in [0.2, 0.25) is 0 Å². The second kappa shape index (κ2) is 9.00. The molecule has 0 spiro atoms. The van der Waals surface area contributed by atoms with Crippen molar-refractivity contribution in [2.75, 3.05) is 13.2 Å². The van der Waals surface area contributed by atoms with Gasteiger partial charge in [-0.15, -0.1) is 0 Å². The third-order valence-corrected chi connectivity index (χ3v) is 6.09. The molecule has 4 aromatic carbocycles. The predicted octanol–water partition coefficient (Wildman–Crippen LogP) is 4.08. The second-order valence-electron chi connectivity index (χ2n) is 8.27. The molecule has 0 aliphatic carbocycles. The molecule has 1 aliphatic rings. The molecule has 1 aliphatic heterocycles. The molecule has 1 atom stereocenters. The van der Waals surface area contributed by atoms with Crippen molar-refractivity contribution in [3.05, 3.63) is 114 Å². The maximum Gasteiger partial charge on any atom is 0.325 e. The van der Waals surface area contributed by atoms with E-state index in [0.717, 1.165) is 15.7 Å². The zero-order chi connectivity index (χ0) is 23.5. The molecule has 6 heteroatoms. The first-order valence-corrected chi connectivity index (χ1v) is 11.1. The van der Waals surface area contributed by atoms with Gasteiger partial charge in [-0.3, -0.25) is 9.69 Å². The van der Waals surface area contributed by atoms with Crippen molar-refractivity contribution in [2.24, 2.45) is 0 Å². The Morgan fingerprint density at radius 3 is 2.06 bits per heavy atom. The SMILES string of the molecule is O=C1NC(c2ccccc2)(c2ccccc2)C(=O)N1CC(O)COc1cccc2ccccc12. The Hall–Kier alpha value is -4.16. The Labute approximate surface area is 197 Å². The molecule has 34 heavy (non-hydrogen) atoms. The molecule has 4 aromatic rings. The van der Waals surface area contributed by atoms with Crippen LogP contribution in [-0.4, -0.2) is 41.2 Å². The number of urea groups is 1. The average molecular weight is 453 g/mol. The molecule has 0 aromatic heterocycles. The van der Waals surface area contributed by atoms with Crippen molar-refractivity contribution in [1.29, 1.82) is 0 Å². The van der Waals surface area contributed by atoms with Crippen LogP contribution in [0.5, 0.6) is 5.75 Å². The van der Waals surface area contributed by atoms with Gasteiger partial charge in [-0.05, 0) is 22.6 Å². The first kappa shape index (κ1) is 21.7. The highest BCUT2D eigenvalue weighted by Crippen LogP contribution is 2.36. The highest BCUT2D eigenvalue weighted by atomic mass is 16.5. The lowest BCUT2D eigenvalue weighted by Crippen LogP contribution is -2.46. The fourth-order valence-electron chi connectivity index (χ4n) is 4.45. The van der Waals surface area contributed by atoms with Crippen LogP contribution in [0.1, 0.15) is 11.1 Å². The van der Waals surface area contributed by atoms with Gasteiger partial charge in [0.15, 0.2) is 5.54 Å². The quantitative estimate of drug-likeness (QED) is 0.414. The summed E-state index contributed by atoms with van der Waals surface area (Å²) < 4.78 is 5.86. The summed E-state index contributed by atoms with van der Waals surface area (Å²) in [4.78, 5) is 27.8. The van der Waals surface area contributed by atoms with Crippen molar-refractivity contribution in [3.63, 3.8) is 0 Å². The van der Waals surface area contributed by atoms with Gasteiger partial charge in [-0.1, -0.05) is 97.1 Å². The lowest BCUT2D eigenvalue weighted by atomic mass is 9.82. The summed E-state index contributed by atoms with van der Waals surface area (Å²) in [6.07, 6.45) is -1.06. The Morgan fingerprint density at radius 2 is 1.38 bits per heavy atom. The zero-order valence-electron chi connectivity index (χ0n) is 18.4. The number of β-amino-alcohol motifs (C(OH)–C–C–N with tert-alkyl or cyclic N) is 1. The average Bonchev–Trinajstić information content (AvgIpc) is 3.14. The van der Waals surface area contributed by atoms with Crippen LogP contribution < -0.4 is 10.1 Å². The van der Waals surface area contributed by atoms with E-state index in [-0.39, 0.29) is 13.2 Å². The molecule has 5 rings (SSSR count). The lowest BCUT2D eigenvalue weighted by molar-refractivity contribution is -0.131. The van der Waals surface area contributed by atoms with E-state index in [0.29, 0.717) is 16.9 Å². The molecule has 1 fully saturated rings. The lowest BCUT2D eigenvalue weighted by Gasteiger charge is -2.28. The summed E-state index contributed by atoms with van der Waals surface area (Å²) in [5.41, 5.74) is -0.0393. The van der Waals surface area contributed by atoms with Crippen molar-refractivity contribution in [3.8, 4) is 5.75 Å². The van der Waals surface area contributed by atoms with E-state index < -0.39 is 23.6 Å². The van der Waals surface area contributed by atoms with E-state index in [1.54, 1.807) is 0 Å². The van der Waals surface area contributed by atoms with Crippen LogP contribution in [0.3, 0.4) is 0 Å². The van der Waals surface area contributed by atoms with E-state index in [4.69, 9.17) is 4.74 Å². The standard InChI is InChI=1S/C28H24N2O4/c31-23(19-34-25-17-9-11-20-10-7-8-16-24(20)25)18-30-26(32)28(29-27(30)33,21-12-3-1-4-13-21)22-14-5-2-6-15-22/h1-17,23,31H,18-19H2,(H,29,33). The smallest absolute Gasteiger partial charge is 0.325 e. The number of carbonyl (C=O) groups is 2. The molecule has 1 saturated heterocycles. The van der Waals surface area contributed by atoms with Gasteiger partial charge in [0.25, 0.3) is 5.91 Å². The van der Waals surface area contributed by atoms with E-state index in [1.807, 2.05) is 103 Å². The first-order chi connectivity index (χ1) is 16.6. The van der Waals surface area contributed by atoms with Crippen molar-refractivity contribution in [1.82, 2.24) is 10.2 Å². The Kier molecular flexibility index (Phi) is 5.74. The number of amides is 3. The second-order valence-corrected chi connectivity index (χ2v) is 8.27. The summed E-state index contributed by atoms with van der Waals surface area (Å²) in [7, 11) is 0. The number of aliphatic hydroxyl groups is 1. The van der Waals surface area contributed by atoms with Crippen LogP contribution in [0, 0.1) is 0 Å². The molecule has 170 valence electrons. The molecule has 1 unspecified atom stereocenters. The minimum atomic E-state index is -1.35. The maximum absolute atomic E-state index is 13.7. The molecule has 1 heterocycles. The summed E-state index contributed by atoms with van der Waals surface area (Å²) in [6.45, 7) is -0.244. The topological polar surface area (TPSA) is 78.9 Å². The molecule has 0 saturated carbocycles. The molecule has 0 bridgehead atoms. The molecule has 3 amide bonds. The van der Waals surface area contributed by atoms with Crippen LogP contribution in [-0.2, 0) is 10.3 Å². The number of nitrogens with zero attached hydrogens (tertiary/aromatic N) is 1. The van der Waals surface area contributed by atoms with Gasteiger partial charge in [-0.25, -0.2) is 4.79 Å². The van der Waals surface area contributed by atoms with Crippen LogP contribution in [0.4, 0.5) is 4.79 Å². The summed E-state index contributed by atoms with van der Waals surface area (Å²) >= 11 is 0. The molecule has 6 nitrogen and oxygen atoms in total. The third kappa shape index (κ3) is 3.78. The normalized spacial score (nSPS) is 15.9. The van der Waals surface area contributed by atoms with Crippen LogP contribution >= 0.6 is 0 Å². The number of hydrogen-bond acceptors (Lipinski definition) is 4. The van der Waals surface area contributed by atoms with E-state index in [9.17, 15) is 14.7 Å². The summed E-state index contributed by atoms with van der Waals surface area (Å²) in [5, 5.41) is 15.5. The predicted molar refractivity (Wildman–Crippen MR) is 129 cm³/mol. The number of aliphatic hydroxyl groups excluding tert-OH is 1. The minimum absolute atomic E-state index is 0.0608. The zero-order valence-corrected chi connectivity index (χ0v) is 18.4. The Balaban J connectivity index is 1.37. The fourth-order valence-corrected chi connectivity index (χ4v) is 4.45. The summed E-state index contributed by atoms with van der Waals surface area (Å²) in [6, 6.07) is 31.2. The molecular formula is C28H24N2O4. The number of hydrogen-bond donors (Lipinski definition) is 2. The number of carbonyl (C=O) groups excluding carboxylic acids is 2. The Morgan fingerprint density at radius 1 is 0.794 bits per heavy atom. The fraction of sp³-hybridized carbons (Fsp3) is 0.143. The van der Waals surface area contributed by atoms with Crippen molar-refractivity contribution < 1.29 is 19.4 Å². The summed E-state index contributed by atoms with van der Waals surface area (Å²) in [5.74, 6) is 0.205. The van der Waals surface area contributed by atoms with Gasteiger partial charge >= 0.3 is 6.03 Å². The monoisotopic (exact) mass is 452 g/mol. The van der Waals surface area contributed by atoms with E-state index in [1.165, 1.54) is 0 Å². The van der Waals surface area contributed by atoms with Gasteiger partial charge in [-0.2, -0.15) is 0 Å². The first-order valence-electron chi connectivity index (χ1n) is 11.1. The van der Waals surface area contributed by atoms with E-state index >= 15 is 0 Å². The highest BCUT2D eigenvalue weighted by Gasteiger charge is 2.53. The number of benzene rings is 4. The van der Waals surface area contributed by atoms with Crippen LogP contribution in [0.15, 0.2) is 103 Å². The van der Waals surface area contributed by atoms with Crippen LogP contribution in [0.25, 0.3) is 10.8 Å². The molecule has 2 N–H and O–H groups in total. The van der Waals surface area contributed by atoms with Gasteiger partial charge in [0.2, 0.25) is 0 Å². The molecule has 0 radical (unpaired) electrons. The van der Waals surface area contributed by atoms with E-state index in [2.05, 4.69) is 5.32 Å². The van der Waals surface area contributed by atoms with Gasteiger partial charge in [0.1, 0.15) is 18.5 Å². The van der Waals surface area contributed by atoms with Gasteiger partial charge in [0, 0.05) is 5.39 Å². The number of rotatable bonds is 7. The van der Waals surface area contributed by atoms with Crippen molar-refractivity contribution >= 4 is 22.7 Å². The maximum atomic E-state index is 13.7. The van der Waals surface area contributed by atoms with Crippen molar-refractivity contribution in [2.45, 2.75) is 11.6 Å².